The van der Waals surface area contributed by atoms with Crippen molar-refractivity contribution in [2.45, 2.75) is 32.4 Å². The van der Waals surface area contributed by atoms with Crippen molar-refractivity contribution in [1.29, 1.82) is 0 Å². The molecule has 1 aromatic heterocycles. The normalized spacial score (nSPS) is 14.4. The van der Waals surface area contributed by atoms with E-state index in [-0.39, 0.29) is 18.7 Å². The molecule has 1 N–H and O–H groups in total. The number of thiazole rings is 1. The van der Waals surface area contributed by atoms with Crippen LogP contribution in [-0.2, 0) is 6.18 Å². The Balaban J connectivity index is 1.53. The summed E-state index contributed by atoms with van der Waals surface area (Å²) in [6.07, 6.45) is -0.689. The second-order valence-electron chi connectivity index (χ2n) is 7.31. The molecule has 1 fully saturated rings. The van der Waals surface area contributed by atoms with E-state index < -0.39 is 23.7 Å². The van der Waals surface area contributed by atoms with Gasteiger partial charge in [-0.3, -0.25) is 4.79 Å². The Bertz CT molecular complexity index is 927. The first-order chi connectivity index (χ1) is 15.3. The molecule has 1 aromatic carbocycles. The van der Waals surface area contributed by atoms with Crippen LogP contribution in [0.25, 0.3) is 0 Å². The highest BCUT2D eigenvalue weighted by Gasteiger charge is 2.36. The summed E-state index contributed by atoms with van der Waals surface area (Å²) in [5, 5.41) is 3.66. The zero-order valence-electron chi connectivity index (χ0n) is 17.7. The van der Waals surface area contributed by atoms with E-state index in [1.54, 1.807) is 0 Å². The Hall–Kier alpha value is -2.82. The lowest BCUT2D eigenvalue weighted by Gasteiger charge is -2.34. The third-order valence-corrected chi connectivity index (χ3v) is 5.95. The molecule has 0 spiro atoms. The van der Waals surface area contributed by atoms with Gasteiger partial charge in [-0.1, -0.05) is 43.2 Å². The summed E-state index contributed by atoms with van der Waals surface area (Å²) < 4.78 is 44.9. The van der Waals surface area contributed by atoms with Gasteiger partial charge in [-0.2, -0.15) is 13.2 Å². The molecule has 0 unspecified atom stereocenters. The summed E-state index contributed by atoms with van der Waals surface area (Å²) in [5.74, 6) is -0.638. The van der Waals surface area contributed by atoms with E-state index in [1.807, 2.05) is 4.90 Å². The van der Waals surface area contributed by atoms with Crippen molar-refractivity contribution in [2.75, 3.05) is 37.6 Å². The van der Waals surface area contributed by atoms with Crippen molar-refractivity contribution in [1.82, 2.24) is 15.2 Å². The molecular formula is C21H25F3N4O3S. The van der Waals surface area contributed by atoms with Crippen LogP contribution in [0.2, 0.25) is 0 Å². The van der Waals surface area contributed by atoms with Crippen LogP contribution in [0.3, 0.4) is 0 Å². The first-order valence-electron chi connectivity index (χ1n) is 10.4. The first kappa shape index (κ1) is 23.8. The maximum Gasteiger partial charge on any atom is 0.417 e. The Morgan fingerprint density at radius 1 is 1.16 bits per heavy atom. The first-order valence-corrected chi connectivity index (χ1v) is 11.2. The number of rotatable bonds is 7. The number of benzene rings is 1. The third-order valence-electron chi connectivity index (χ3n) is 5.02. The quantitative estimate of drug-likeness (QED) is 0.607. The largest absolute Gasteiger partial charge is 0.417 e. The summed E-state index contributed by atoms with van der Waals surface area (Å²) in [7, 11) is 0. The minimum absolute atomic E-state index is 0.263. The van der Waals surface area contributed by atoms with Crippen LogP contribution in [0.15, 0.2) is 30.5 Å². The smallest absolute Gasteiger partial charge is 0.397 e. The van der Waals surface area contributed by atoms with Gasteiger partial charge in [0.2, 0.25) is 5.06 Å². The van der Waals surface area contributed by atoms with E-state index in [9.17, 15) is 22.8 Å². The Morgan fingerprint density at radius 2 is 1.88 bits per heavy atom. The number of carbonyl (C=O) groups excluding carboxylic acids is 2. The fourth-order valence-electron chi connectivity index (χ4n) is 3.32. The van der Waals surface area contributed by atoms with Crippen molar-refractivity contribution in [2.24, 2.45) is 0 Å². The SMILES string of the molecule is CCCCCNC(=O)Oc1cnc(N2CCN(C(=O)c3ccccc3C(F)(F)F)CC2)s1. The van der Waals surface area contributed by atoms with Gasteiger partial charge in [0.15, 0.2) is 5.13 Å². The Labute approximate surface area is 188 Å². The molecule has 32 heavy (non-hydrogen) atoms. The van der Waals surface area contributed by atoms with Gasteiger partial charge >= 0.3 is 12.3 Å². The highest BCUT2D eigenvalue weighted by molar-refractivity contribution is 7.17. The van der Waals surface area contributed by atoms with Gasteiger partial charge in [0.1, 0.15) is 0 Å². The minimum atomic E-state index is -4.59. The van der Waals surface area contributed by atoms with Crippen molar-refractivity contribution < 1.29 is 27.5 Å². The molecular weight excluding hydrogens is 445 g/mol. The van der Waals surface area contributed by atoms with Gasteiger partial charge in [-0.05, 0) is 18.6 Å². The second-order valence-corrected chi connectivity index (χ2v) is 8.28. The standard InChI is InChI=1S/C21H25F3N4O3S/c1-2-3-6-9-25-20(30)31-17-14-26-19(32-17)28-12-10-27(11-13-28)18(29)15-7-4-5-8-16(15)21(22,23)24/h4-5,7-8,14H,2-3,6,9-13H2,1H3,(H,25,30). The van der Waals surface area contributed by atoms with Crippen LogP contribution < -0.4 is 15.0 Å². The maximum absolute atomic E-state index is 13.2. The van der Waals surface area contributed by atoms with Crippen LogP contribution in [0.1, 0.15) is 42.1 Å². The molecule has 2 amide bonds. The molecule has 0 atom stereocenters. The van der Waals surface area contributed by atoms with Crippen LogP contribution in [0.5, 0.6) is 5.06 Å². The molecule has 2 heterocycles. The van der Waals surface area contributed by atoms with E-state index in [0.29, 0.717) is 29.8 Å². The zero-order chi connectivity index (χ0) is 23.1. The Kier molecular flexibility index (Phi) is 7.94. The van der Waals surface area contributed by atoms with Crippen LogP contribution in [-0.4, -0.2) is 54.6 Å². The number of anilines is 1. The molecule has 0 radical (unpaired) electrons. The highest BCUT2D eigenvalue weighted by atomic mass is 32.1. The van der Waals surface area contributed by atoms with E-state index in [0.717, 1.165) is 25.3 Å². The summed E-state index contributed by atoms with van der Waals surface area (Å²) in [5.41, 5.74) is -1.27. The number of hydrogen-bond acceptors (Lipinski definition) is 6. The van der Waals surface area contributed by atoms with Crippen LogP contribution >= 0.6 is 11.3 Å². The molecule has 174 valence electrons. The number of carbonyl (C=O) groups is 2. The van der Waals surface area contributed by atoms with Gasteiger partial charge in [0.05, 0.1) is 17.3 Å². The number of ether oxygens (including phenoxy) is 1. The number of nitrogens with zero attached hydrogens (tertiary/aromatic N) is 3. The lowest BCUT2D eigenvalue weighted by molar-refractivity contribution is -0.138. The molecule has 3 rings (SSSR count). The fraction of sp³-hybridized carbons (Fsp3) is 0.476. The van der Waals surface area contributed by atoms with E-state index in [2.05, 4.69) is 17.2 Å². The summed E-state index contributed by atoms with van der Waals surface area (Å²) in [6.45, 7) is 3.98. The molecule has 2 aromatic rings. The van der Waals surface area contributed by atoms with Gasteiger partial charge in [-0.25, -0.2) is 9.78 Å². The van der Waals surface area contributed by atoms with E-state index in [1.165, 1.54) is 40.6 Å². The van der Waals surface area contributed by atoms with Crippen molar-refractivity contribution in [3.8, 4) is 5.06 Å². The molecule has 7 nitrogen and oxygen atoms in total. The number of hydrogen-bond donors (Lipinski definition) is 1. The number of alkyl halides is 3. The third kappa shape index (κ3) is 6.12. The van der Waals surface area contributed by atoms with Gasteiger partial charge in [0, 0.05) is 32.7 Å². The number of halogens is 3. The highest BCUT2D eigenvalue weighted by Crippen LogP contribution is 2.33. The van der Waals surface area contributed by atoms with Crippen LogP contribution in [0, 0.1) is 0 Å². The van der Waals surface area contributed by atoms with E-state index >= 15 is 0 Å². The molecule has 0 bridgehead atoms. The van der Waals surface area contributed by atoms with Crippen molar-refractivity contribution >= 4 is 28.5 Å². The van der Waals surface area contributed by atoms with Crippen molar-refractivity contribution in [3.63, 3.8) is 0 Å². The van der Waals surface area contributed by atoms with Crippen LogP contribution in [0.4, 0.5) is 23.1 Å². The summed E-state index contributed by atoms with van der Waals surface area (Å²) >= 11 is 1.20. The van der Waals surface area contributed by atoms with Gasteiger partial charge in [-0.15, -0.1) is 0 Å². The fourth-order valence-corrected chi connectivity index (χ4v) is 4.14. The molecule has 0 aliphatic carbocycles. The second kappa shape index (κ2) is 10.7. The maximum atomic E-state index is 13.2. The predicted molar refractivity (Wildman–Crippen MR) is 115 cm³/mol. The van der Waals surface area contributed by atoms with Gasteiger partial charge in [0.25, 0.3) is 5.91 Å². The molecule has 1 aliphatic rings. The van der Waals surface area contributed by atoms with Gasteiger partial charge < -0.3 is 19.9 Å². The number of amides is 2. The average Bonchev–Trinajstić information content (AvgIpc) is 3.24. The number of piperazine rings is 1. The van der Waals surface area contributed by atoms with E-state index in [4.69, 9.17) is 4.74 Å². The number of unbranched alkanes of at least 4 members (excludes halogenated alkanes) is 2. The lowest BCUT2D eigenvalue weighted by atomic mass is 10.1. The number of nitrogens with one attached hydrogen (secondary N) is 1. The summed E-state index contributed by atoms with van der Waals surface area (Å²) in [4.78, 5) is 32.1. The molecule has 0 saturated carbocycles. The summed E-state index contributed by atoms with van der Waals surface area (Å²) in [6, 6.07) is 4.82. The predicted octanol–water partition coefficient (Wildman–Crippen LogP) is 4.40. The van der Waals surface area contributed by atoms with Crippen molar-refractivity contribution in [3.05, 3.63) is 41.6 Å². The minimum Gasteiger partial charge on any atom is -0.397 e. The number of aromatic nitrogens is 1. The Morgan fingerprint density at radius 3 is 2.56 bits per heavy atom. The monoisotopic (exact) mass is 470 g/mol. The molecule has 11 heteroatoms. The molecule has 1 aliphatic heterocycles. The topological polar surface area (TPSA) is 74.8 Å². The zero-order valence-corrected chi connectivity index (χ0v) is 18.5. The molecule has 1 saturated heterocycles. The average molecular weight is 471 g/mol. The lowest BCUT2D eigenvalue weighted by Crippen LogP contribution is -2.49.